The maximum absolute atomic E-state index is 14.3. The number of carbonyl (C=O) groups is 3. The summed E-state index contributed by atoms with van der Waals surface area (Å²) in [5, 5.41) is 0. The number of aryl methyl sites for hydroxylation is 1. The maximum atomic E-state index is 14.3. The Kier molecular flexibility index (Phi) is 8.10. The Bertz CT molecular complexity index is 1850. The van der Waals surface area contributed by atoms with E-state index < -0.39 is 11.7 Å². The first-order valence-electron chi connectivity index (χ1n) is 14.8. The van der Waals surface area contributed by atoms with E-state index >= 15 is 0 Å². The van der Waals surface area contributed by atoms with E-state index in [4.69, 9.17) is 9.47 Å². The van der Waals surface area contributed by atoms with Crippen LogP contribution in [0.5, 0.6) is 11.5 Å². The second-order valence-electron chi connectivity index (χ2n) is 11.4. The summed E-state index contributed by atoms with van der Waals surface area (Å²) in [6.07, 6.45) is -3.89. The first-order chi connectivity index (χ1) is 22.0. The van der Waals surface area contributed by atoms with Crippen molar-refractivity contribution in [3.63, 3.8) is 0 Å². The van der Waals surface area contributed by atoms with Crippen LogP contribution in [0.3, 0.4) is 0 Å². The van der Waals surface area contributed by atoms with Gasteiger partial charge in [-0.2, -0.15) is 13.2 Å². The number of carbonyl (C=O) groups excluding carboxylic acids is 3. The third-order valence-electron chi connectivity index (χ3n) is 8.66. The molecular formula is C35H32F3N3O5. The van der Waals surface area contributed by atoms with Gasteiger partial charge in [-0.3, -0.25) is 14.4 Å². The highest BCUT2D eigenvalue weighted by Crippen LogP contribution is 2.41. The summed E-state index contributed by atoms with van der Waals surface area (Å²) in [7, 11) is 3.01. The van der Waals surface area contributed by atoms with Crippen molar-refractivity contribution in [2.45, 2.75) is 39.0 Å². The largest absolute Gasteiger partial charge is 0.493 e. The van der Waals surface area contributed by atoms with E-state index in [1.165, 1.54) is 32.4 Å². The van der Waals surface area contributed by atoms with Crippen molar-refractivity contribution in [2.75, 3.05) is 32.2 Å². The number of amides is 2. The molecule has 3 aromatic carbocycles. The summed E-state index contributed by atoms with van der Waals surface area (Å²) in [6.45, 7) is 2.77. The van der Waals surface area contributed by atoms with E-state index in [1.807, 2.05) is 10.6 Å². The van der Waals surface area contributed by atoms with Gasteiger partial charge in [0.2, 0.25) is 0 Å². The number of halogens is 3. The molecule has 2 aliphatic rings. The quantitative estimate of drug-likeness (QED) is 0.251. The minimum absolute atomic E-state index is 0.0385. The van der Waals surface area contributed by atoms with Crippen LogP contribution < -0.4 is 14.4 Å². The number of hydrogen-bond acceptors (Lipinski definition) is 5. The minimum Gasteiger partial charge on any atom is -0.493 e. The van der Waals surface area contributed by atoms with Gasteiger partial charge >= 0.3 is 6.18 Å². The molecule has 8 nitrogen and oxygen atoms in total. The van der Waals surface area contributed by atoms with E-state index in [-0.39, 0.29) is 36.3 Å². The lowest BCUT2D eigenvalue weighted by atomic mass is 9.94. The predicted molar refractivity (Wildman–Crippen MR) is 165 cm³/mol. The van der Waals surface area contributed by atoms with E-state index in [9.17, 15) is 27.6 Å². The van der Waals surface area contributed by atoms with Gasteiger partial charge in [-0.1, -0.05) is 24.3 Å². The molecule has 0 atom stereocenters. The first kappa shape index (κ1) is 30.9. The number of piperidine rings is 1. The molecule has 1 aromatic heterocycles. The maximum Gasteiger partial charge on any atom is 0.417 e. The Hall–Kier alpha value is -5.06. The molecule has 0 spiro atoms. The van der Waals surface area contributed by atoms with Crippen LogP contribution in [0.25, 0.3) is 11.1 Å². The SMILES string of the molecule is COc1cc2c(cc1OC)N(C(=O)c1ccc(-c3ccccc3C(F)(F)F)c(C)c1)Cc1ccc(C(=O)N3CCC(=O)CC3)n1C2. The Morgan fingerprint density at radius 1 is 0.804 bits per heavy atom. The smallest absolute Gasteiger partial charge is 0.417 e. The topological polar surface area (TPSA) is 81.1 Å². The fraction of sp³-hybridized carbons (Fsp3) is 0.286. The first-order valence-corrected chi connectivity index (χ1v) is 14.8. The molecule has 1 fully saturated rings. The molecule has 2 aliphatic heterocycles. The van der Waals surface area contributed by atoms with Gasteiger partial charge in [0, 0.05) is 43.3 Å². The number of nitrogens with zero attached hydrogens (tertiary/aromatic N) is 3. The van der Waals surface area contributed by atoms with E-state index in [2.05, 4.69) is 0 Å². The minimum atomic E-state index is -4.53. The van der Waals surface area contributed by atoms with Crippen molar-refractivity contribution in [1.82, 2.24) is 9.47 Å². The lowest BCUT2D eigenvalue weighted by Crippen LogP contribution is -2.39. The number of benzene rings is 3. The van der Waals surface area contributed by atoms with Crippen molar-refractivity contribution in [1.29, 1.82) is 0 Å². The molecule has 2 amide bonds. The van der Waals surface area contributed by atoms with Gasteiger partial charge in [-0.25, -0.2) is 0 Å². The van der Waals surface area contributed by atoms with E-state index in [0.29, 0.717) is 76.8 Å². The van der Waals surface area contributed by atoms with Gasteiger partial charge in [0.25, 0.3) is 11.8 Å². The van der Waals surface area contributed by atoms with Crippen LogP contribution >= 0.6 is 0 Å². The van der Waals surface area contributed by atoms with Crippen molar-refractivity contribution in [3.05, 3.63) is 100 Å². The summed E-state index contributed by atoms with van der Waals surface area (Å²) in [5.74, 6) is 0.440. The van der Waals surface area contributed by atoms with Crippen LogP contribution in [0.15, 0.2) is 66.7 Å². The monoisotopic (exact) mass is 631 g/mol. The third-order valence-corrected chi connectivity index (χ3v) is 8.66. The highest BCUT2D eigenvalue weighted by atomic mass is 19.4. The van der Waals surface area contributed by atoms with Crippen molar-refractivity contribution < 1.29 is 37.0 Å². The van der Waals surface area contributed by atoms with Crippen LogP contribution in [0.4, 0.5) is 18.9 Å². The van der Waals surface area contributed by atoms with Gasteiger partial charge in [0.1, 0.15) is 11.5 Å². The molecule has 6 rings (SSSR count). The molecule has 0 radical (unpaired) electrons. The fourth-order valence-corrected chi connectivity index (χ4v) is 6.25. The van der Waals surface area contributed by atoms with Gasteiger partial charge in [-0.15, -0.1) is 0 Å². The van der Waals surface area contributed by atoms with Crippen LogP contribution in [0.1, 0.15) is 56.1 Å². The van der Waals surface area contributed by atoms with Crippen LogP contribution in [0, 0.1) is 6.92 Å². The molecule has 46 heavy (non-hydrogen) atoms. The number of hydrogen-bond donors (Lipinski definition) is 0. The van der Waals surface area contributed by atoms with Crippen LogP contribution in [-0.4, -0.2) is 54.4 Å². The molecule has 0 aliphatic carbocycles. The number of fused-ring (bicyclic) bond motifs is 2. The Morgan fingerprint density at radius 3 is 2.17 bits per heavy atom. The van der Waals surface area contributed by atoms with E-state index in [0.717, 1.165) is 6.07 Å². The summed E-state index contributed by atoms with van der Waals surface area (Å²) < 4.78 is 54.3. The number of ether oxygens (including phenoxy) is 2. The second kappa shape index (κ2) is 12.0. The van der Waals surface area contributed by atoms with Crippen LogP contribution in [-0.2, 0) is 24.1 Å². The molecule has 0 unspecified atom stereocenters. The highest BCUT2D eigenvalue weighted by Gasteiger charge is 2.34. The highest BCUT2D eigenvalue weighted by molar-refractivity contribution is 6.07. The lowest BCUT2D eigenvalue weighted by molar-refractivity contribution is -0.137. The third kappa shape index (κ3) is 5.61. The lowest BCUT2D eigenvalue weighted by Gasteiger charge is -2.26. The average molecular weight is 632 g/mol. The normalized spacial score (nSPS) is 14.8. The zero-order valence-electron chi connectivity index (χ0n) is 25.6. The zero-order valence-corrected chi connectivity index (χ0v) is 25.6. The molecular weight excluding hydrogens is 599 g/mol. The van der Waals surface area contributed by atoms with Gasteiger partial charge < -0.3 is 23.8 Å². The number of alkyl halides is 3. The van der Waals surface area contributed by atoms with Crippen molar-refractivity contribution >= 4 is 23.3 Å². The van der Waals surface area contributed by atoms with E-state index in [1.54, 1.807) is 53.1 Å². The van der Waals surface area contributed by atoms with Gasteiger partial charge in [0.05, 0.1) is 38.6 Å². The molecule has 1 saturated heterocycles. The van der Waals surface area contributed by atoms with Crippen LogP contribution in [0.2, 0.25) is 0 Å². The number of Topliss-reactive ketones (excluding diaryl/α,β-unsaturated/α-hetero) is 1. The summed E-state index contributed by atoms with van der Waals surface area (Å²) in [4.78, 5) is 42.9. The number of likely N-dealkylation sites (tertiary alicyclic amines) is 1. The molecule has 238 valence electrons. The van der Waals surface area contributed by atoms with Gasteiger partial charge in [0.15, 0.2) is 11.5 Å². The average Bonchev–Trinajstić information content (AvgIpc) is 3.36. The summed E-state index contributed by atoms with van der Waals surface area (Å²) >= 11 is 0. The number of aromatic nitrogens is 1. The van der Waals surface area contributed by atoms with Crippen molar-refractivity contribution in [2.24, 2.45) is 0 Å². The predicted octanol–water partition coefficient (Wildman–Crippen LogP) is 6.51. The molecule has 0 bridgehead atoms. The van der Waals surface area contributed by atoms with Crippen molar-refractivity contribution in [3.8, 4) is 22.6 Å². The fourth-order valence-electron chi connectivity index (χ4n) is 6.25. The standard InChI is InChI=1S/C35H32F3N3O5/c1-21-16-22(8-10-26(21)27-6-4-5-7-28(27)35(36,37)38)33(43)41-20-24-9-11-29(34(44)39-14-12-25(42)13-15-39)40(24)19-23-17-31(45-2)32(46-3)18-30(23)41/h4-11,16-18H,12-15,19-20H2,1-3H3. The number of rotatable bonds is 5. The number of methoxy groups -OCH3 is 2. The molecule has 0 saturated carbocycles. The molecule has 3 heterocycles. The number of ketones is 1. The Balaban J connectivity index is 1.41. The molecule has 0 N–H and O–H groups in total. The summed E-state index contributed by atoms with van der Waals surface area (Å²) in [6, 6.07) is 17.1. The van der Waals surface area contributed by atoms with Gasteiger partial charge in [-0.05, 0) is 65.6 Å². The molecule has 4 aromatic rings. The summed E-state index contributed by atoms with van der Waals surface area (Å²) in [5.41, 5.74) is 2.90. The number of anilines is 1. The Labute approximate surface area is 263 Å². The zero-order chi connectivity index (χ0) is 32.7. The Morgan fingerprint density at radius 2 is 1.50 bits per heavy atom. The second-order valence-corrected chi connectivity index (χ2v) is 11.4. The molecule has 11 heteroatoms.